The van der Waals surface area contributed by atoms with E-state index in [0.29, 0.717) is 23.9 Å². The Kier molecular flexibility index (Phi) is 6.39. The molecule has 1 unspecified atom stereocenters. The summed E-state index contributed by atoms with van der Waals surface area (Å²) in [5, 5.41) is 9.19. The summed E-state index contributed by atoms with van der Waals surface area (Å²) in [6.07, 6.45) is 3.66. The number of nitrogens with one attached hydrogen (secondary N) is 1. The van der Waals surface area contributed by atoms with Crippen LogP contribution in [0, 0.1) is 0 Å². The minimum atomic E-state index is 0.235. The van der Waals surface area contributed by atoms with Gasteiger partial charge in [0.15, 0.2) is 5.65 Å². The lowest BCUT2D eigenvalue weighted by molar-refractivity contribution is 0.304. The van der Waals surface area contributed by atoms with Gasteiger partial charge in [-0.15, -0.1) is 0 Å². The summed E-state index contributed by atoms with van der Waals surface area (Å²) in [6.45, 7) is 2.40. The first-order valence-corrected chi connectivity index (χ1v) is 12.5. The van der Waals surface area contributed by atoms with Crippen molar-refractivity contribution in [3.05, 3.63) is 90.8 Å². The van der Waals surface area contributed by atoms with Gasteiger partial charge in [0.25, 0.3) is 0 Å². The van der Waals surface area contributed by atoms with Gasteiger partial charge in [-0.1, -0.05) is 36.4 Å². The van der Waals surface area contributed by atoms with Gasteiger partial charge in [-0.2, -0.15) is 5.10 Å². The standard InChI is InChI=1S/C29H28N6O2/c30-28-26-27(34-35(29(26)33-19-32-28)22-8-5-15-31-17-22)21-11-13-23(14-12-21)37-25-10-4-9-24(16-25)36-18-20-6-2-1-3-7-20/h1-4,6-7,9-14,16,19,22,31H,5,8,15,17-18H2,(H2,30,32,33). The molecule has 0 bridgehead atoms. The van der Waals surface area contributed by atoms with Crippen LogP contribution in [0.1, 0.15) is 24.4 Å². The van der Waals surface area contributed by atoms with E-state index in [4.69, 9.17) is 20.3 Å². The Bertz CT molecular complexity index is 1490. The second-order valence-electron chi connectivity index (χ2n) is 9.13. The Morgan fingerprint density at radius 2 is 1.76 bits per heavy atom. The molecule has 1 saturated heterocycles. The maximum Gasteiger partial charge on any atom is 0.164 e. The van der Waals surface area contributed by atoms with Crippen LogP contribution in [0.25, 0.3) is 22.3 Å². The highest BCUT2D eigenvalue weighted by Gasteiger charge is 2.23. The van der Waals surface area contributed by atoms with Crippen molar-refractivity contribution in [1.29, 1.82) is 0 Å². The molecule has 8 heteroatoms. The van der Waals surface area contributed by atoms with E-state index < -0.39 is 0 Å². The topological polar surface area (TPSA) is 100 Å². The van der Waals surface area contributed by atoms with Gasteiger partial charge in [-0.25, -0.2) is 14.6 Å². The third kappa shape index (κ3) is 4.96. The van der Waals surface area contributed by atoms with Crippen molar-refractivity contribution < 1.29 is 9.47 Å². The molecule has 3 N–H and O–H groups in total. The van der Waals surface area contributed by atoms with Crippen molar-refractivity contribution in [3.8, 4) is 28.5 Å². The third-order valence-corrected chi connectivity index (χ3v) is 6.55. The zero-order chi connectivity index (χ0) is 25.0. The summed E-state index contributed by atoms with van der Waals surface area (Å²) in [5.74, 6) is 2.61. The molecule has 1 aliphatic rings. The second-order valence-corrected chi connectivity index (χ2v) is 9.13. The minimum Gasteiger partial charge on any atom is -0.489 e. The normalized spacial score (nSPS) is 15.5. The van der Waals surface area contributed by atoms with Crippen LogP contribution in [0.15, 0.2) is 85.2 Å². The molecule has 1 atom stereocenters. The van der Waals surface area contributed by atoms with E-state index >= 15 is 0 Å². The van der Waals surface area contributed by atoms with Crippen molar-refractivity contribution in [3.63, 3.8) is 0 Å². The monoisotopic (exact) mass is 492 g/mol. The molecule has 0 radical (unpaired) electrons. The number of nitrogens with two attached hydrogens (primary N) is 1. The first-order chi connectivity index (χ1) is 18.2. The molecule has 1 aliphatic heterocycles. The predicted octanol–water partition coefficient (Wildman–Crippen LogP) is 5.37. The highest BCUT2D eigenvalue weighted by atomic mass is 16.5. The molecule has 5 aromatic rings. The summed E-state index contributed by atoms with van der Waals surface area (Å²) in [5.41, 5.74) is 9.88. The molecule has 37 heavy (non-hydrogen) atoms. The quantitative estimate of drug-likeness (QED) is 0.315. The van der Waals surface area contributed by atoms with Crippen molar-refractivity contribution in [1.82, 2.24) is 25.1 Å². The van der Waals surface area contributed by atoms with Crippen molar-refractivity contribution in [2.45, 2.75) is 25.5 Å². The number of anilines is 1. The number of hydrogen-bond acceptors (Lipinski definition) is 7. The van der Waals surface area contributed by atoms with Gasteiger partial charge in [-0.3, -0.25) is 0 Å². The van der Waals surface area contributed by atoms with Gasteiger partial charge in [0, 0.05) is 18.2 Å². The summed E-state index contributed by atoms with van der Waals surface area (Å²) >= 11 is 0. The zero-order valence-corrected chi connectivity index (χ0v) is 20.4. The maximum atomic E-state index is 6.29. The van der Waals surface area contributed by atoms with Crippen LogP contribution >= 0.6 is 0 Å². The number of benzene rings is 3. The Hall–Kier alpha value is -4.43. The Morgan fingerprint density at radius 1 is 0.919 bits per heavy atom. The molecule has 186 valence electrons. The van der Waals surface area contributed by atoms with E-state index in [9.17, 15) is 0 Å². The predicted molar refractivity (Wildman–Crippen MR) is 144 cm³/mol. The molecule has 8 nitrogen and oxygen atoms in total. The van der Waals surface area contributed by atoms with Crippen LogP contribution in [0.2, 0.25) is 0 Å². The second kappa shape index (κ2) is 10.3. The number of nitrogen functional groups attached to an aromatic ring is 1. The number of ether oxygens (including phenoxy) is 2. The molecule has 0 spiro atoms. The molecule has 0 aliphatic carbocycles. The summed E-state index contributed by atoms with van der Waals surface area (Å²) < 4.78 is 14.0. The van der Waals surface area contributed by atoms with E-state index in [1.807, 2.05) is 83.5 Å². The van der Waals surface area contributed by atoms with Crippen LogP contribution in [0.3, 0.4) is 0 Å². The van der Waals surface area contributed by atoms with E-state index in [1.165, 1.54) is 6.33 Å². The fourth-order valence-corrected chi connectivity index (χ4v) is 4.68. The van der Waals surface area contributed by atoms with Crippen molar-refractivity contribution in [2.24, 2.45) is 0 Å². The molecule has 1 fully saturated rings. The average Bonchev–Trinajstić information content (AvgIpc) is 3.35. The Labute approximate surface area is 215 Å². The Balaban J connectivity index is 1.22. The smallest absolute Gasteiger partial charge is 0.164 e. The largest absolute Gasteiger partial charge is 0.489 e. The summed E-state index contributed by atoms with van der Waals surface area (Å²) in [4.78, 5) is 8.75. The molecule has 0 saturated carbocycles. The lowest BCUT2D eigenvalue weighted by Gasteiger charge is -2.23. The summed E-state index contributed by atoms with van der Waals surface area (Å²) in [7, 11) is 0. The lowest BCUT2D eigenvalue weighted by Crippen LogP contribution is -2.32. The number of piperidine rings is 1. The molecule has 0 amide bonds. The number of aromatic nitrogens is 4. The van der Waals surface area contributed by atoms with Gasteiger partial charge in [0.05, 0.1) is 11.4 Å². The minimum absolute atomic E-state index is 0.235. The molecule has 3 heterocycles. The van der Waals surface area contributed by atoms with E-state index in [1.54, 1.807) is 0 Å². The van der Waals surface area contributed by atoms with Gasteiger partial charge in [0.2, 0.25) is 0 Å². The summed E-state index contributed by atoms with van der Waals surface area (Å²) in [6, 6.07) is 25.8. The molecular weight excluding hydrogens is 464 g/mol. The van der Waals surface area contributed by atoms with Crippen LogP contribution in [-0.4, -0.2) is 32.8 Å². The highest BCUT2D eigenvalue weighted by molar-refractivity contribution is 5.98. The van der Waals surface area contributed by atoms with Crippen molar-refractivity contribution >= 4 is 16.9 Å². The van der Waals surface area contributed by atoms with E-state index in [2.05, 4.69) is 15.3 Å². The molecule has 6 rings (SSSR count). The third-order valence-electron chi connectivity index (χ3n) is 6.55. The van der Waals surface area contributed by atoms with Crippen LogP contribution in [0.4, 0.5) is 5.82 Å². The fourth-order valence-electron chi connectivity index (χ4n) is 4.68. The van der Waals surface area contributed by atoms with Gasteiger partial charge < -0.3 is 20.5 Å². The fraction of sp³-hybridized carbons (Fsp3) is 0.207. The van der Waals surface area contributed by atoms with Crippen LogP contribution in [0.5, 0.6) is 17.2 Å². The maximum absolute atomic E-state index is 6.29. The first-order valence-electron chi connectivity index (χ1n) is 12.5. The molecule has 3 aromatic carbocycles. The van der Waals surface area contributed by atoms with Gasteiger partial charge >= 0.3 is 0 Å². The zero-order valence-electron chi connectivity index (χ0n) is 20.4. The molecular formula is C29H28N6O2. The van der Waals surface area contributed by atoms with Crippen molar-refractivity contribution in [2.75, 3.05) is 18.8 Å². The van der Waals surface area contributed by atoms with Crippen LogP contribution in [-0.2, 0) is 6.61 Å². The highest BCUT2D eigenvalue weighted by Crippen LogP contribution is 2.34. The average molecular weight is 493 g/mol. The first kappa shape index (κ1) is 23.0. The number of rotatable bonds is 7. The molecule has 2 aromatic heterocycles. The van der Waals surface area contributed by atoms with Gasteiger partial charge in [-0.05, 0) is 61.3 Å². The lowest BCUT2D eigenvalue weighted by atomic mass is 10.1. The van der Waals surface area contributed by atoms with E-state index in [0.717, 1.165) is 59.5 Å². The Morgan fingerprint density at radius 3 is 2.57 bits per heavy atom. The number of nitrogens with zero attached hydrogens (tertiary/aromatic N) is 4. The van der Waals surface area contributed by atoms with Gasteiger partial charge in [0.1, 0.15) is 41.7 Å². The van der Waals surface area contributed by atoms with E-state index in [-0.39, 0.29) is 6.04 Å². The van der Waals surface area contributed by atoms with Crippen LogP contribution < -0.4 is 20.5 Å². The number of fused-ring (bicyclic) bond motifs is 1. The SMILES string of the molecule is Nc1ncnc2c1c(-c1ccc(Oc3cccc(OCc4ccccc4)c3)cc1)nn2C1CCCNC1. The number of hydrogen-bond donors (Lipinski definition) is 2.